The molecule has 2 atom stereocenters. The zero-order chi connectivity index (χ0) is 8.43. The Labute approximate surface area is 68.1 Å². The molecule has 3 N–H and O–H groups in total. The number of nitrogens with zero attached hydrogens (tertiary/aromatic N) is 1. The molecule has 0 aromatic carbocycles. The van der Waals surface area contributed by atoms with Crippen LogP contribution in [-0.2, 0) is 0 Å². The third-order valence-electron chi connectivity index (χ3n) is 2.61. The third-order valence-corrected chi connectivity index (χ3v) is 2.61. The van der Waals surface area contributed by atoms with Crippen LogP contribution in [0.5, 0.6) is 0 Å². The Kier molecular flexibility index (Phi) is 2.37. The minimum absolute atomic E-state index is 0.237. The van der Waals surface area contributed by atoms with Gasteiger partial charge in [-0.1, -0.05) is 13.8 Å². The average molecular weight is 155 g/mol. The van der Waals surface area contributed by atoms with Crippen molar-refractivity contribution in [2.75, 3.05) is 6.54 Å². The normalized spacial score (nSPS) is 30.9. The van der Waals surface area contributed by atoms with Gasteiger partial charge in [0.2, 0.25) is 0 Å². The van der Waals surface area contributed by atoms with E-state index >= 15 is 0 Å². The molecule has 1 aliphatic rings. The molecule has 64 valence electrons. The molecule has 1 aliphatic heterocycles. The second-order valence-corrected chi connectivity index (χ2v) is 3.32. The maximum absolute atomic E-state index is 7.32. The van der Waals surface area contributed by atoms with Crippen LogP contribution >= 0.6 is 0 Å². The van der Waals surface area contributed by atoms with Gasteiger partial charge in [-0.15, -0.1) is 0 Å². The molecule has 1 rings (SSSR count). The summed E-state index contributed by atoms with van der Waals surface area (Å²) in [7, 11) is 0. The Morgan fingerprint density at radius 2 is 2.36 bits per heavy atom. The van der Waals surface area contributed by atoms with Crippen LogP contribution in [-0.4, -0.2) is 23.4 Å². The molecule has 11 heavy (non-hydrogen) atoms. The molecule has 1 heterocycles. The van der Waals surface area contributed by atoms with Gasteiger partial charge in [0.1, 0.15) is 0 Å². The largest absolute Gasteiger partial charge is 0.370 e. The van der Waals surface area contributed by atoms with Crippen LogP contribution in [0.4, 0.5) is 0 Å². The van der Waals surface area contributed by atoms with Gasteiger partial charge in [-0.2, -0.15) is 0 Å². The van der Waals surface area contributed by atoms with Crippen LogP contribution in [0.2, 0.25) is 0 Å². The molecule has 0 aliphatic carbocycles. The number of nitrogens with one attached hydrogen (secondary N) is 1. The van der Waals surface area contributed by atoms with E-state index in [0.29, 0.717) is 12.0 Å². The fourth-order valence-electron chi connectivity index (χ4n) is 1.93. The minimum atomic E-state index is 0.237. The SMILES string of the molecule is CCC1C(C)CCN1C(=N)N. The Morgan fingerprint density at radius 1 is 1.73 bits per heavy atom. The summed E-state index contributed by atoms with van der Waals surface area (Å²) in [6.45, 7) is 5.36. The summed E-state index contributed by atoms with van der Waals surface area (Å²) in [5.41, 5.74) is 5.44. The zero-order valence-electron chi connectivity index (χ0n) is 7.30. The van der Waals surface area contributed by atoms with Gasteiger partial charge < -0.3 is 10.6 Å². The smallest absolute Gasteiger partial charge is 0.188 e. The number of guanidine groups is 1. The molecule has 0 radical (unpaired) electrons. The molecule has 1 fully saturated rings. The van der Waals surface area contributed by atoms with Crippen molar-refractivity contribution in [2.24, 2.45) is 11.7 Å². The van der Waals surface area contributed by atoms with Crippen molar-refractivity contribution in [1.82, 2.24) is 4.90 Å². The highest BCUT2D eigenvalue weighted by Crippen LogP contribution is 2.25. The van der Waals surface area contributed by atoms with Crippen LogP contribution in [0.25, 0.3) is 0 Å². The molecule has 0 saturated carbocycles. The van der Waals surface area contributed by atoms with Crippen molar-refractivity contribution in [1.29, 1.82) is 5.41 Å². The van der Waals surface area contributed by atoms with Gasteiger partial charge >= 0.3 is 0 Å². The van der Waals surface area contributed by atoms with Crippen molar-refractivity contribution >= 4 is 5.96 Å². The van der Waals surface area contributed by atoms with Gasteiger partial charge in [-0.25, -0.2) is 0 Å². The molecule has 0 aromatic rings. The fourth-order valence-corrected chi connectivity index (χ4v) is 1.93. The summed E-state index contributed by atoms with van der Waals surface area (Å²) >= 11 is 0. The van der Waals surface area contributed by atoms with E-state index < -0.39 is 0 Å². The molecule has 3 nitrogen and oxygen atoms in total. The summed E-state index contributed by atoms with van der Waals surface area (Å²) < 4.78 is 0. The highest BCUT2D eigenvalue weighted by Gasteiger charge is 2.29. The highest BCUT2D eigenvalue weighted by molar-refractivity contribution is 5.75. The first kappa shape index (κ1) is 8.37. The van der Waals surface area contributed by atoms with E-state index in [2.05, 4.69) is 13.8 Å². The summed E-state index contributed by atoms with van der Waals surface area (Å²) in [6.07, 6.45) is 2.28. The van der Waals surface area contributed by atoms with Crippen LogP contribution in [0.15, 0.2) is 0 Å². The van der Waals surface area contributed by atoms with Gasteiger partial charge in [0.15, 0.2) is 5.96 Å². The molecule has 2 unspecified atom stereocenters. The third kappa shape index (κ3) is 1.47. The lowest BCUT2D eigenvalue weighted by Crippen LogP contribution is -2.41. The highest BCUT2D eigenvalue weighted by atomic mass is 15.3. The van der Waals surface area contributed by atoms with E-state index in [9.17, 15) is 0 Å². The second kappa shape index (κ2) is 3.11. The van der Waals surface area contributed by atoms with E-state index in [1.54, 1.807) is 0 Å². The first-order chi connectivity index (χ1) is 5.16. The number of hydrogen-bond donors (Lipinski definition) is 2. The number of hydrogen-bond acceptors (Lipinski definition) is 1. The first-order valence-electron chi connectivity index (χ1n) is 4.27. The van der Waals surface area contributed by atoms with Crippen molar-refractivity contribution in [3.8, 4) is 0 Å². The quantitative estimate of drug-likeness (QED) is 0.438. The van der Waals surface area contributed by atoms with Crippen molar-refractivity contribution in [3.63, 3.8) is 0 Å². The minimum Gasteiger partial charge on any atom is -0.370 e. The summed E-state index contributed by atoms with van der Waals surface area (Å²) in [5.74, 6) is 0.935. The number of rotatable bonds is 1. The molecule has 0 spiro atoms. The Balaban J connectivity index is 2.61. The van der Waals surface area contributed by atoms with Gasteiger partial charge in [0.25, 0.3) is 0 Å². The maximum Gasteiger partial charge on any atom is 0.188 e. The van der Waals surface area contributed by atoms with Gasteiger partial charge in [-0.3, -0.25) is 5.41 Å². The van der Waals surface area contributed by atoms with E-state index in [4.69, 9.17) is 11.1 Å². The molecule has 3 heteroatoms. The lowest BCUT2D eigenvalue weighted by Gasteiger charge is -2.25. The molecule has 0 bridgehead atoms. The molecule has 1 saturated heterocycles. The average Bonchev–Trinajstić information content (AvgIpc) is 2.30. The van der Waals surface area contributed by atoms with Crippen molar-refractivity contribution in [3.05, 3.63) is 0 Å². The predicted molar refractivity (Wildman–Crippen MR) is 46.5 cm³/mol. The topological polar surface area (TPSA) is 53.1 Å². The monoisotopic (exact) mass is 155 g/mol. The van der Waals surface area contributed by atoms with Crippen LogP contribution < -0.4 is 5.73 Å². The maximum atomic E-state index is 7.32. The Morgan fingerprint density at radius 3 is 2.73 bits per heavy atom. The second-order valence-electron chi connectivity index (χ2n) is 3.32. The number of likely N-dealkylation sites (tertiary alicyclic amines) is 1. The summed E-state index contributed by atoms with van der Waals surface area (Å²) in [6, 6.07) is 0.507. The Bertz CT molecular complexity index is 155. The molecular weight excluding hydrogens is 138 g/mol. The predicted octanol–water partition coefficient (Wildman–Crippen LogP) is 1.00. The van der Waals surface area contributed by atoms with Gasteiger partial charge in [0.05, 0.1) is 0 Å². The fraction of sp³-hybridized carbons (Fsp3) is 0.875. The van der Waals surface area contributed by atoms with Crippen molar-refractivity contribution < 1.29 is 0 Å². The zero-order valence-corrected chi connectivity index (χ0v) is 7.30. The van der Waals surface area contributed by atoms with Gasteiger partial charge in [-0.05, 0) is 18.8 Å². The van der Waals surface area contributed by atoms with Crippen LogP contribution in [0.3, 0.4) is 0 Å². The molecule has 0 amide bonds. The van der Waals surface area contributed by atoms with Crippen molar-refractivity contribution in [2.45, 2.75) is 32.7 Å². The van der Waals surface area contributed by atoms with E-state index in [1.807, 2.05) is 4.90 Å². The van der Waals surface area contributed by atoms with Gasteiger partial charge in [0, 0.05) is 12.6 Å². The lowest BCUT2D eigenvalue weighted by molar-refractivity contribution is 0.330. The van der Waals surface area contributed by atoms with E-state index in [-0.39, 0.29) is 5.96 Å². The first-order valence-corrected chi connectivity index (χ1v) is 4.27. The van der Waals surface area contributed by atoms with Crippen LogP contribution in [0.1, 0.15) is 26.7 Å². The standard InChI is InChI=1S/C8H17N3/c1-3-7-6(2)4-5-11(7)8(9)10/h6-7H,3-5H2,1-2H3,(H3,9,10). The van der Waals surface area contributed by atoms with E-state index in [1.165, 1.54) is 6.42 Å². The lowest BCUT2D eigenvalue weighted by atomic mass is 10.0. The Hall–Kier alpha value is -0.730. The number of nitrogens with two attached hydrogens (primary N) is 1. The van der Waals surface area contributed by atoms with E-state index in [0.717, 1.165) is 13.0 Å². The summed E-state index contributed by atoms with van der Waals surface area (Å²) in [4.78, 5) is 2.00. The van der Waals surface area contributed by atoms with Crippen LogP contribution in [0, 0.1) is 11.3 Å². The molecular formula is C8H17N3. The summed E-state index contributed by atoms with van der Waals surface area (Å²) in [5, 5.41) is 7.32. The molecule has 0 aromatic heterocycles.